The van der Waals surface area contributed by atoms with E-state index in [1.807, 2.05) is 7.05 Å². The molecule has 0 unspecified atom stereocenters. The molecule has 1 aliphatic heterocycles. The molecule has 0 spiro atoms. The summed E-state index contributed by atoms with van der Waals surface area (Å²) in [5.41, 5.74) is 0.679. The van der Waals surface area contributed by atoms with Crippen LogP contribution in [0, 0.1) is 6.92 Å². The molecule has 0 aliphatic carbocycles. The summed E-state index contributed by atoms with van der Waals surface area (Å²) in [7, 11) is -1.50. The van der Waals surface area contributed by atoms with Gasteiger partial charge >= 0.3 is 0 Å². The van der Waals surface area contributed by atoms with Gasteiger partial charge in [0.05, 0.1) is 4.90 Å². The quantitative estimate of drug-likeness (QED) is 0.804. The second kappa shape index (κ2) is 8.16. The Labute approximate surface area is 150 Å². The minimum Gasteiger partial charge on any atom is -0.483 e. The molecule has 1 fully saturated rings. The Bertz CT molecular complexity index is 711. The van der Waals surface area contributed by atoms with Gasteiger partial charge in [-0.1, -0.05) is 0 Å². The van der Waals surface area contributed by atoms with Crippen molar-refractivity contribution >= 4 is 15.9 Å². The maximum Gasteiger partial charge on any atom is 0.260 e. The van der Waals surface area contributed by atoms with Crippen LogP contribution >= 0.6 is 0 Å². The molecule has 0 radical (unpaired) electrons. The van der Waals surface area contributed by atoms with E-state index in [1.165, 1.54) is 6.07 Å². The minimum absolute atomic E-state index is 0.0408. The molecule has 1 saturated heterocycles. The zero-order valence-corrected chi connectivity index (χ0v) is 16.1. The van der Waals surface area contributed by atoms with Gasteiger partial charge in [0.25, 0.3) is 5.91 Å². The van der Waals surface area contributed by atoms with Crippen molar-refractivity contribution in [2.75, 3.05) is 39.8 Å². The molecular weight excluding hydrogens is 342 g/mol. The van der Waals surface area contributed by atoms with Gasteiger partial charge in [0.1, 0.15) is 5.75 Å². The first kappa shape index (κ1) is 19.7. The first-order chi connectivity index (χ1) is 11.7. The smallest absolute Gasteiger partial charge is 0.260 e. The predicted octanol–water partition coefficient (Wildman–Crippen LogP) is 0.835. The Morgan fingerprint density at radius 1 is 1.24 bits per heavy atom. The van der Waals surface area contributed by atoms with E-state index in [1.54, 1.807) is 37.8 Å². The third kappa shape index (κ3) is 5.42. The Morgan fingerprint density at radius 3 is 2.44 bits per heavy atom. The molecule has 1 N–H and O–H groups in total. The van der Waals surface area contributed by atoms with Crippen molar-refractivity contribution in [3.63, 3.8) is 0 Å². The average Bonchev–Trinajstić information content (AvgIpc) is 2.52. The van der Waals surface area contributed by atoms with Crippen molar-refractivity contribution < 1.29 is 17.9 Å². The number of carbonyl (C=O) groups excluding carboxylic acids is 1. The van der Waals surface area contributed by atoms with Crippen molar-refractivity contribution in [3.05, 3.63) is 23.8 Å². The number of ether oxygens (including phenoxy) is 1. The number of nitrogens with one attached hydrogen (secondary N) is 1. The van der Waals surface area contributed by atoms with E-state index in [9.17, 15) is 13.2 Å². The van der Waals surface area contributed by atoms with E-state index in [0.717, 1.165) is 13.1 Å². The Balaban J connectivity index is 1.98. The number of hydrogen-bond donors (Lipinski definition) is 1. The number of benzene rings is 1. The maximum atomic E-state index is 12.2. The van der Waals surface area contributed by atoms with Crippen LogP contribution in [0.25, 0.3) is 0 Å². The van der Waals surface area contributed by atoms with Crippen LogP contribution in [0.5, 0.6) is 5.75 Å². The molecule has 7 nitrogen and oxygen atoms in total. The van der Waals surface area contributed by atoms with Gasteiger partial charge in [-0.3, -0.25) is 4.79 Å². The van der Waals surface area contributed by atoms with Gasteiger partial charge in [-0.2, -0.15) is 0 Å². The first-order valence-electron chi connectivity index (χ1n) is 8.41. The summed E-state index contributed by atoms with van der Waals surface area (Å²) in [4.78, 5) is 16.4. The van der Waals surface area contributed by atoms with Crippen LogP contribution in [-0.4, -0.2) is 70.0 Å². The van der Waals surface area contributed by atoms with Crippen LogP contribution in [0.2, 0.25) is 0 Å². The highest BCUT2D eigenvalue weighted by Gasteiger charge is 2.20. The summed E-state index contributed by atoms with van der Waals surface area (Å²) < 4.78 is 32.5. The lowest BCUT2D eigenvalue weighted by Gasteiger charge is -2.32. The van der Waals surface area contributed by atoms with E-state index in [0.29, 0.717) is 24.4 Å². The summed E-state index contributed by atoms with van der Waals surface area (Å²) in [6, 6.07) is 4.47. The van der Waals surface area contributed by atoms with Crippen LogP contribution in [0.4, 0.5) is 0 Å². The largest absolute Gasteiger partial charge is 0.483 e. The lowest BCUT2D eigenvalue weighted by molar-refractivity contribution is -0.134. The summed E-state index contributed by atoms with van der Waals surface area (Å²) in [6.45, 7) is 8.40. The normalized spacial score (nSPS) is 16.3. The Morgan fingerprint density at radius 2 is 1.88 bits per heavy atom. The molecule has 1 aromatic rings. The molecule has 25 heavy (non-hydrogen) atoms. The number of aryl methyl sites for hydroxylation is 1. The van der Waals surface area contributed by atoms with Crippen molar-refractivity contribution in [2.24, 2.45) is 0 Å². The van der Waals surface area contributed by atoms with Gasteiger partial charge < -0.3 is 14.5 Å². The second-order valence-corrected chi connectivity index (χ2v) is 8.39. The molecule has 1 heterocycles. The molecule has 140 valence electrons. The molecule has 0 atom stereocenters. The average molecular weight is 369 g/mol. The number of hydrogen-bond acceptors (Lipinski definition) is 5. The molecule has 1 amide bonds. The third-order valence-electron chi connectivity index (χ3n) is 4.05. The number of carbonyl (C=O) groups is 1. The van der Waals surface area contributed by atoms with Crippen molar-refractivity contribution in [1.29, 1.82) is 0 Å². The summed E-state index contributed by atoms with van der Waals surface area (Å²) >= 11 is 0. The molecule has 0 saturated carbocycles. The lowest BCUT2D eigenvalue weighted by atomic mass is 10.2. The van der Waals surface area contributed by atoms with Gasteiger partial charge in [0.2, 0.25) is 10.0 Å². The van der Waals surface area contributed by atoms with Gasteiger partial charge in [-0.05, 0) is 51.6 Å². The highest BCUT2D eigenvalue weighted by molar-refractivity contribution is 7.89. The molecule has 8 heteroatoms. The van der Waals surface area contributed by atoms with Crippen LogP contribution in [0.15, 0.2) is 23.1 Å². The number of likely N-dealkylation sites (N-methyl/N-ethyl adjacent to an activating group) is 1. The molecule has 0 bridgehead atoms. The number of nitrogens with zero attached hydrogens (tertiary/aromatic N) is 2. The van der Waals surface area contributed by atoms with Crippen molar-refractivity contribution in [2.45, 2.75) is 31.7 Å². The van der Waals surface area contributed by atoms with Crippen LogP contribution in [-0.2, 0) is 14.8 Å². The topological polar surface area (TPSA) is 78.9 Å². The Hall–Kier alpha value is -1.64. The number of piperazine rings is 1. The standard InChI is InChI=1S/C17H27N3O4S/c1-13(2)18-25(22,23)15-5-6-16(14(3)11-15)24-12-17(21)20-9-7-19(4)8-10-20/h5-6,11,13,18H,7-10,12H2,1-4H3. The monoisotopic (exact) mass is 369 g/mol. The molecule has 1 aliphatic rings. The van der Waals surface area contributed by atoms with Crippen LogP contribution in [0.1, 0.15) is 19.4 Å². The summed E-state index contributed by atoms with van der Waals surface area (Å²) in [5, 5.41) is 0. The SMILES string of the molecule is Cc1cc(S(=O)(=O)NC(C)C)ccc1OCC(=O)N1CCN(C)CC1. The first-order valence-corrected chi connectivity index (χ1v) is 9.89. The zero-order valence-electron chi connectivity index (χ0n) is 15.3. The van der Waals surface area contributed by atoms with Gasteiger partial charge in [0.15, 0.2) is 6.61 Å². The molecule has 2 rings (SSSR count). The molecule has 0 aromatic heterocycles. The molecular formula is C17H27N3O4S. The summed E-state index contributed by atoms with van der Waals surface area (Å²) in [5.74, 6) is 0.469. The van der Waals surface area contributed by atoms with Gasteiger partial charge in [-0.15, -0.1) is 0 Å². The van der Waals surface area contributed by atoms with Gasteiger partial charge in [0, 0.05) is 32.2 Å². The fraction of sp³-hybridized carbons (Fsp3) is 0.588. The fourth-order valence-corrected chi connectivity index (χ4v) is 3.95. The number of rotatable bonds is 6. The third-order valence-corrected chi connectivity index (χ3v) is 5.71. The Kier molecular flexibility index (Phi) is 6.42. The van der Waals surface area contributed by atoms with E-state index >= 15 is 0 Å². The maximum absolute atomic E-state index is 12.2. The van der Waals surface area contributed by atoms with Crippen molar-refractivity contribution in [3.8, 4) is 5.75 Å². The van der Waals surface area contributed by atoms with E-state index < -0.39 is 10.0 Å². The van der Waals surface area contributed by atoms with E-state index in [2.05, 4.69) is 9.62 Å². The predicted molar refractivity (Wildman–Crippen MR) is 96.2 cm³/mol. The second-order valence-electron chi connectivity index (χ2n) is 6.68. The fourth-order valence-electron chi connectivity index (χ4n) is 2.62. The lowest BCUT2D eigenvalue weighted by Crippen LogP contribution is -2.48. The zero-order chi connectivity index (χ0) is 18.6. The highest BCUT2D eigenvalue weighted by atomic mass is 32.2. The van der Waals surface area contributed by atoms with E-state index in [4.69, 9.17) is 4.74 Å². The van der Waals surface area contributed by atoms with E-state index in [-0.39, 0.29) is 23.5 Å². The van der Waals surface area contributed by atoms with Gasteiger partial charge in [-0.25, -0.2) is 13.1 Å². The number of sulfonamides is 1. The van der Waals surface area contributed by atoms with Crippen LogP contribution in [0.3, 0.4) is 0 Å². The van der Waals surface area contributed by atoms with Crippen molar-refractivity contribution in [1.82, 2.24) is 14.5 Å². The number of amides is 1. The van der Waals surface area contributed by atoms with Crippen LogP contribution < -0.4 is 9.46 Å². The summed E-state index contributed by atoms with van der Waals surface area (Å²) in [6.07, 6.45) is 0. The molecule has 1 aromatic carbocycles. The minimum atomic E-state index is -3.54. The highest BCUT2D eigenvalue weighted by Crippen LogP contribution is 2.22.